The number of carbonyl (C=O) groups is 7. The molecule has 0 atom stereocenters. The summed E-state index contributed by atoms with van der Waals surface area (Å²) in [5, 5.41) is 35.9. The maximum Gasteiger partial charge on any atom is 0.450 e. The number of aliphatic hydroxyl groups excluding tert-OH is 2. The quantitative estimate of drug-likeness (QED) is 0.132. The Morgan fingerprint density at radius 3 is 0.894 bits per heavy atom. The van der Waals surface area contributed by atoms with Gasteiger partial charge < -0.3 is 50.1 Å². The van der Waals surface area contributed by atoms with E-state index < -0.39 is 43.5 Å². The number of ether oxygens (including phenoxy) is 2. The minimum Gasteiger partial charge on any atom is -0.481 e. The first-order valence-electron chi connectivity index (χ1n) is 40.5. The van der Waals surface area contributed by atoms with E-state index in [4.69, 9.17) is 29.9 Å². The number of sulfonamides is 1. The number of aliphatic hydroxyl groups is 2. The standard InChI is InChI=1S/C9H19N.C9H18O.2C8H17NO.C8H19N.C7H15NO.C7H14O.C6H9F3O.C6H12O2.C6H14O.C6H12O.C5H10O2.C4H11NO2S/c2*1-9(2,3)8-4-6-10-7-5-8;1-8(2,3)7(10)6-9(4)5;1-8(2,3)6-7(10)9(4)5;1-8(2,3)6-7-9(4)5;1-5-8-6(9)7(2,3)4;1-7(2,3)6-4-8-5-6;1-5(2,3)4(10)6(7,8)9;1-6(2,3)5(8)4-7;1-6(2,3)4-5-7;1-5(7)6(2,3)4;1-5(2,3)4(6)7;1-4(2,3)8(5,6)7/h8,10H,4-7H2,1-3H3;8H,4-7H2,1-3H3;2*6H2,1-5H3;6-7H2,1-5H3;5H2,1-4H3,(H,8,9);6H,4-5H2,1-3H3;1-3H3;7H,4H2,1-3H3;7H,4-5H2,1-3H3;1-4H3;1-3H3,(H,6,7);1-3H3,(H2,5,6,7). The Morgan fingerprint density at radius 1 is 0.478 bits per heavy atom. The van der Waals surface area contributed by atoms with Crippen molar-refractivity contribution in [3.8, 4) is 0 Å². The Kier molecular flexibility index (Phi) is 66.4. The van der Waals surface area contributed by atoms with E-state index in [2.05, 4.69) is 154 Å². The van der Waals surface area contributed by atoms with Gasteiger partial charge in [0.05, 0.1) is 29.9 Å². The second-order valence-corrected chi connectivity index (χ2v) is 46.7. The summed E-state index contributed by atoms with van der Waals surface area (Å²) in [6.07, 6.45) is 3.34. The highest BCUT2D eigenvalue weighted by Gasteiger charge is 2.45. The molecule has 3 rings (SSSR count). The van der Waals surface area contributed by atoms with E-state index in [-0.39, 0.29) is 62.8 Å². The number of carbonyl (C=O) groups excluding carboxylic acids is 6. The normalized spacial score (nSPS) is 14.8. The monoisotopic (exact) mass is 1650 g/mol. The van der Waals surface area contributed by atoms with Gasteiger partial charge >= 0.3 is 12.1 Å². The van der Waals surface area contributed by atoms with Gasteiger partial charge in [0.1, 0.15) is 12.4 Å². The SMILES string of the molecule is CC(=O)C(C)(C)C.CC(C)(C)C(=O)C(F)(F)F.CC(C)(C)C(=O)CO.CC(C)(C)C(=O)O.CC(C)(C)C1CCNCC1.CC(C)(C)C1CCOCC1.CC(C)(C)C1COC1.CC(C)(C)CCO.CC(C)(C)S(N)(=O)=O.CCNC(=O)C(C)(C)C.CN(C)C(=O)CC(C)(C)C.CN(C)CC(=O)C(C)(C)C.CN(C)CCC(C)(C)C. The number of carboxylic acid groups (broad SMARTS) is 1. The van der Waals surface area contributed by atoms with Crippen LogP contribution in [0.1, 0.15) is 329 Å². The molecule has 0 aliphatic carbocycles. The van der Waals surface area contributed by atoms with Crippen molar-refractivity contribution >= 4 is 50.9 Å². The third kappa shape index (κ3) is 92.3. The number of amides is 2. The van der Waals surface area contributed by atoms with Gasteiger partial charge in [-0.1, -0.05) is 228 Å². The molecule has 7 N–H and O–H groups in total. The van der Waals surface area contributed by atoms with Crippen molar-refractivity contribution < 1.29 is 79.9 Å². The smallest absolute Gasteiger partial charge is 0.450 e. The van der Waals surface area contributed by atoms with Crippen LogP contribution in [0.2, 0.25) is 0 Å². The molecule has 0 aromatic rings. The maximum absolute atomic E-state index is 11.6. The third-order valence-corrected chi connectivity index (χ3v) is 18.7. The van der Waals surface area contributed by atoms with Crippen LogP contribution in [-0.2, 0) is 53.1 Å². The first-order chi connectivity index (χ1) is 49.2. The van der Waals surface area contributed by atoms with Gasteiger partial charge in [0.2, 0.25) is 27.6 Å². The Bertz CT molecular complexity index is 2560. The average molecular weight is 1650 g/mol. The van der Waals surface area contributed by atoms with E-state index in [1.807, 2.05) is 88.2 Å². The first-order valence-corrected chi connectivity index (χ1v) is 42.1. The van der Waals surface area contributed by atoms with Gasteiger partial charge in [0, 0.05) is 79.9 Å². The van der Waals surface area contributed by atoms with Crippen LogP contribution in [0.25, 0.3) is 0 Å². The summed E-state index contributed by atoms with van der Waals surface area (Å²) in [7, 11) is 8.28. The molecule has 3 heterocycles. The molecule has 0 unspecified atom stereocenters. The molecular formula is C89H187F3N6O14S. The Hall–Kier alpha value is -3.49. The summed E-state index contributed by atoms with van der Waals surface area (Å²) in [6.45, 7) is 88.5. The largest absolute Gasteiger partial charge is 0.481 e. The predicted molar refractivity (Wildman–Crippen MR) is 472 cm³/mol. The zero-order valence-electron chi connectivity index (χ0n) is 82.3. The molecule has 3 saturated heterocycles. The molecule has 24 heteroatoms. The van der Waals surface area contributed by atoms with Crippen molar-refractivity contribution in [1.82, 2.24) is 25.3 Å². The Labute approximate surface area is 695 Å². The lowest BCUT2D eigenvalue weighted by Crippen LogP contribution is -2.37. The van der Waals surface area contributed by atoms with Gasteiger partial charge in [-0.05, 0) is 186 Å². The molecule has 0 bridgehead atoms. The van der Waals surface area contributed by atoms with Crippen molar-refractivity contribution in [2.24, 2.45) is 87.9 Å². The van der Waals surface area contributed by atoms with Crippen molar-refractivity contribution in [2.75, 3.05) is 115 Å². The van der Waals surface area contributed by atoms with Crippen molar-refractivity contribution in [3.63, 3.8) is 0 Å². The number of nitrogens with zero attached hydrogens (tertiary/aromatic N) is 3. The molecule has 0 spiro atoms. The summed E-state index contributed by atoms with van der Waals surface area (Å²) >= 11 is 0. The summed E-state index contributed by atoms with van der Waals surface area (Å²) in [4.78, 5) is 80.5. The number of Topliss-reactive ketones (excluding diaryl/α,β-unsaturated/α-hetero) is 4. The summed E-state index contributed by atoms with van der Waals surface area (Å²) in [6, 6.07) is 0. The number of nitrogens with one attached hydrogen (secondary N) is 2. The molecule has 684 valence electrons. The number of ketones is 4. The molecule has 20 nitrogen and oxygen atoms in total. The zero-order chi connectivity index (χ0) is 93.6. The molecule has 0 radical (unpaired) electrons. The van der Waals surface area contributed by atoms with Crippen LogP contribution in [0.4, 0.5) is 13.2 Å². The van der Waals surface area contributed by atoms with Gasteiger partial charge in [-0.2, -0.15) is 13.2 Å². The molecule has 3 fully saturated rings. The number of aliphatic carboxylic acids is 1. The molecular weight excluding hydrogens is 1470 g/mol. The number of likely N-dealkylation sites (N-methyl/N-ethyl adjacent to an activating group) is 1. The van der Waals surface area contributed by atoms with E-state index in [0.717, 1.165) is 57.1 Å². The molecule has 0 saturated carbocycles. The number of primary sulfonamides is 1. The van der Waals surface area contributed by atoms with Crippen LogP contribution < -0.4 is 15.8 Å². The predicted octanol–water partition coefficient (Wildman–Crippen LogP) is 19.0. The molecule has 3 aliphatic heterocycles. The number of hydrogen-bond acceptors (Lipinski definition) is 16. The van der Waals surface area contributed by atoms with Crippen LogP contribution in [0.3, 0.4) is 0 Å². The van der Waals surface area contributed by atoms with Gasteiger partial charge in [0.25, 0.3) is 0 Å². The highest BCUT2D eigenvalue weighted by atomic mass is 32.2. The van der Waals surface area contributed by atoms with Crippen LogP contribution in [0.5, 0.6) is 0 Å². The second-order valence-electron chi connectivity index (χ2n) is 44.4. The molecule has 0 aromatic heterocycles. The molecule has 113 heavy (non-hydrogen) atoms. The minimum absolute atomic E-state index is 0.112. The van der Waals surface area contributed by atoms with Crippen molar-refractivity contribution in [1.29, 1.82) is 0 Å². The van der Waals surface area contributed by atoms with Gasteiger partial charge in [-0.3, -0.25) is 33.6 Å². The molecule has 0 aromatic carbocycles. The number of piperidine rings is 1. The first kappa shape index (κ1) is 130. The second kappa shape index (κ2) is 57.6. The zero-order valence-corrected chi connectivity index (χ0v) is 83.1. The van der Waals surface area contributed by atoms with E-state index in [9.17, 15) is 55.2 Å². The lowest BCUT2D eigenvalue weighted by Gasteiger charge is -2.37. The minimum atomic E-state index is -4.70. The summed E-state index contributed by atoms with van der Waals surface area (Å²) in [5.74, 6) is 0.921. The summed E-state index contributed by atoms with van der Waals surface area (Å²) < 4.78 is 65.2. The lowest BCUT2D eigenvalue weighted by molar-refractivity contribution is -0.179. The van der Waals surface area contributed by atoms with Crippen LogP contribution in [0.15, 0.2) is 0 Å². The molecule has 3 aliphatic rings. The van der Waals surface area contributed by atoms with Gasteiger partial charge in [-0.25, -0.2) is 13.6 Å². The Morgan fingerprint density at radius 2 is 0.805 bits per heavy atom. The van der Waals surface area contributed by atoms with Crippen LogP contribution in [-0.4, -0.2) is 205 Å². The maximum atomic E-state index is 11.6. The van der Waals surface area contributed by atoms with Gasteiger partial charge in [-0.15, -0.1) is 0 Å². The van der Waals surface area contributed by atoms with Crippen molar-refractivity contribution in [3.05, 3.63) is 0 Å². The highest BCUT2D eigenvalue weighted by Crippen LogP contribution is 2.35. The number of halogens is 3. The highest BCUT2D eigenvalue weighted by molar-refractivity contribution is 7.90. The van der Waals surface area contributed by atoms with E-state index >= 15 is 0 Å². The fourth-order valence-corrected chi connectivity index (χ4v) is 7.11. The lowest BCUT2D eigenvalue weighted by atomic mass is 9.76. The van der Waals surface area contributed by atoms with Crippen LogP contribution >= 0.6 is 0 Å². The van der Waals surface area contributed by atoms with E-state index in [1.54, 1.807) is 88.2 Å². The number of alkyl halides is 3. The molecule has 2 amide bonds. The number of rotatable bonds is 8. The fourth-order valence-electron chi connectivity index (χ4n) is 7.11. The average Bonchev–Trinajstić information content (AvgIpc) is 0.866. The number of nitrogens with two attached hydrogens (primary N) is 1. The topological polar surface area (TPSA) is 293 Å². The third-order valence-electron chi connectivity index (χ3n) is 17.0. The van der Waals surface area contributed by atoms with Gasteiger partial charge in [0.15, 0.2) is 11.6 Å². The van der Waals surface area contributed by atoms with E-state index in [1.165, 1.54) is 72.5 Å². The number of carboxylic acids is 1. The number of hydrogen-bond donors (Lipinski definition) is 6. The summed E-state index contributed by atoms with van der Waals surface area (Å²) in [5.41, 5.74) is -0.461. The fraction of sp³-hybridized carbons (Fsp3) is 0.921. The van der Waals surface area contributed by atoms with E-state index in [0.29, 0.717) is 46.6 Å². The Balaban J connectivity index is -0.000000127. The van der Waals surface area contributed by atoms with Crippen LogP contribution in [0, 0.1) is 82.7 Å². The van der Waals surface area contributed by atoms with Crippen molar-refractivity contribution in [2.45, 2.75) is 340 Å².